The fourth-order valence-electron chi connectivity index (χ4n) is 2.62. The average molecular weight is 257 g/mol. The zero-order valence-corrected chi connectivity index (χ0v) is 11.6. The van der Waals surface area contributed by atoms with Crippen LogP contribution in [0.1, 0.15) is 39.2 Å². The molecule has 88 valence electrons. The summed E-state index contributed by atoms with van der Waals surface area (Å²) in [7, 11) is 0. The molecule has 0 saturated heterocycles. The van der Waals surface area contributed by atoms with Crippen molar-refractivity contribution in [1.82, 2.24) is 0 Å². The Bertz CT molecular complexity index is 371. The number of hydrogen-bond donors (Lipinski definition) is 0. The van der Waals surface area contributed by atoms with Gasteiger partial charge in [-0.2, -0.15) is 0 Å². The fraction of sp³-hybridized carbons (Fsp3) is 0.571. The maximum Gasteiger partial charge on any atom is 0.0423 e. The second-order valence-electron chi connectivity index (χ2n) is 5.35. The molecule has 0 spiro atoms. The average Bonchev–Trinajstić information content (AvgIpc) is 2.95. The largest absolute Gasteiger partial charge is 0.0843 e. The van der Waals surface area contributed by atoms with Gasteiger partial charge in [0.25, 0.3) is 0 Å². The minimum atomic E-state index is 0.336. The molecule has 1 fully saturated rings. The Hall–Kier alpha value is -0.200. The molecule has 0 nitrogen and oxygen atoms in total. The van der Waals surface area contributed by atoms with Gasteiger partial charge >= 0.3 is 0 Å². The van der Waals surface area contributed by atoms with Crippen molar-refractivity contribution < 1.29 is 0 Å². The summed E-state index contributed by atoms with van der Waals surface area (Å²) in [4.78, 5) is 0. The third-order valence-corrected chi connectivity index (χ3v) is 4.53. The third-order valence-electron chi connectivity index (χ3n) is 4.10. The van der Waals surface area contributed by atoms with E-state index >= 15 is 0 Å². The first-order valence-corrected chi connectivity index (χ1v) is 6.68. The summed E-state index contributed by atoms with van der Waals surface area (Å²) in [6.07, 6.45) is 2.53. The lowest BCUT2D eigenvalue weighted by molar-refractivity contribution is 0.329. The molecule has 0 radical (unpaired) electrons. The molecule has 1 atom stereocenters. The number of benzene rings is 1. The van der Waals surface area contributed by atoms with Crippen LogP contribution in [0.15, 0.2) is 18.2 Å². The van der Waals surface area contributed by atoms with Gasteiger partial charge in [-0.15, -0.1) is 0 Å². The highest BCUT2D eigenvalue weighted by Crippen LogP contribution is 2.56. The van der Waals surface area contributed by atoms with Crippen molar-refractivity contribution in [2.24, 2.45) is 11.8 Å². The van der Waals surface area contributed by atoms with Gasteiger partial charge in [-0.05, 0) is 53.9 Å². The summed E-state index contributed by atoms with van der Waals surface area (Å²) in [6, 6.07) is 5.97. The molecule has 0 aromatic heterocycles. The zero-order chi connectivity index (χ0) is 11.9. The van der Waals surface area contributed by atoms with E-state index < -0.39 is 0 Å². The molecule has 1 saturated carbocycles. The quantitative estimate of drug-likeness (QED) is 0.687. The maximum atomic E-state index is 6.08. The molecule has 2 heteroatoms. The van der Waals surface area contributed by atoms with Gasteiger partial charge in [-0.1, -0.05) is 44.0 Å². The second kappa shape index (κ2) is 4.23. The lowest BCUT2D eigenvalue weighted by atomic mass is 9.77. The molecule has 1 unspecified atom stereocenters. The molecule has 1 aliphatic carbocycles. The summed E-state index contributed by atoms with van der Waals surface area (Å²) in [6.45, 7) is 6.92. The van der Waals surface area contributed by atoms with Gasteiger partial charge in [-0.3, -0.25) is 0 Å². The highest BCUT2D eigenvalue weighted by molar-refractivity contribution is 6.34. The molecule has 1 aromatic rings. The fourth-order valence-corrected chi connectivity index (χ4v) is 3.15. The van der Waals surface area contributed by atoms with Crippen LogP contribution in [0.3, 0.4) is 0 Å². The summed E-state index contributed by atoms with van der Waals surface area (Å²) < 4.78 is 0. The van der Waals surface area contributed by atoms with Crippen LogP contribution in [-0.4, -0.2) is 0 Å². The molecule has 0 amide bonds. The van der Waals surface area contributed by atoms with E-state index in [2.05, 4.69) is 32.9 Å². The molecule has 16 heavy (non-hydrogen) atoms. The van der Waals surface area contributed by atoms with Crippen molar-refractivity contribution in [2.45, 2.75) is 39.0 Å². The van der Waals surface area contributed by atoms with Gasteiger partial charge in [0, 0.05) is 10.0 Å². The molecular formula is C14H18Cl2. The van der Waals surface area contributed by atoms with E-state index in [9.17, 15) is 0 Å². The Kier molecular flexibility index (Phi) is 3.25. The van der Waals surface area contributed by atoms with E-state index in [-0.39, 0.29) is 0 Å². The van der Waals surface area contributed by atoms with Crippen molar-refractivity contribution in [3.05, 3.63) is 33.8 Å². The summed E-state index contributed by atoms with van der Waals surface area (Å²) in [5, 5.41) is 1.51. The van der Waals surface area contributed by atoms with Gasteiger partial charge in [-0.25, -0.2) is 0 Å². The molecule has 1 aromatic carbocycles. The number of rotatable bonds is 3. The minimum Gasteiger partial charge on any atom is -0.0843 e. The van der Waals surface area contributed by atoms with Crippen molar-refractivity contribution in [3.8, 4) is 0 Å². The van der Waals surface area contributed by atoms with Gasteiger partial charge in [0.05, 0.1) is 0 Å². The summed E-state index contributed by atoms with van der Waals surface area (Å²) >= 11 is 12.2. The Morgan fingerprint density at radius 2 is 1.50 bits per heavy atom. The minimum absolute atomic E-state index is 0.336. The highest BCUT2D eigenvalue weighted by atomic mass is 35.5. The van der Waals surface area contributed by atoms with Crippen molar-refractivity contribution in [3.63, 3.8) is 0 Å². The van der Waals surface area contributed by atoms with Crippen LogP contribution in [0.4, 0.5) is 0 Å². The van der Waals surface area contributed by atoms with Crippen LogP contribution in [0.25, 0.3) is 0 Å². The van der Waals surface area contributed by atoms with Crippen molar-refractivity contribution in [1.29, 1.82) is 0 Å². The van der Waals surface area contributed by atoms with E-state index in [4.69, 9.17) is 23.2 Å². The Morgan fingerprint density at radius 3 is 1.88 bits per heavy atom. The highest BCUT2D eigenvalue weighted by Gasteiger charge is 2.49. The number of hydrogen-bond acceptors (Lipinski definition) is 0. The SMILES string of the molecule is CC(C)C(C)C1(c2cc(Cl)cc(Cl)c2)CC1. The second-order valence-corrected chi connectivity index (χ2v) is 6.22. The lowest BCUT2D eigenvalue weighted by Crippen LogP contribution is -2.22. The van der Waals surface area contributed by atoms with Crippen LogP contribution in [0.2, 0.25) is 10.0 Å². The van der Waals surface area contributed by atoms with E-state index in [1.54, 1.807) is 0 Å². The van der Waals surface area contributed by atoms with Gasteiger partial charge in [0.1, 0.15) is 0 Å². The third kappa shape index (κ3) is 2.10. The Morgan fingerprint density at radius 1 is 1.00 bits per heavy atom. The van der Waals surface area contributed by atoms with Gasteiger partial charge in [0.15, 0.2) is 0 Å². The first-order valence-electron chi connectivity index (χ1n) is 5.92. The predicted octanol–water partition coefficient (Wildman–Crippen LogP) is 5.32. The van der Waals surface area contributed by atoms with E-state index in [1.807, 2.05) is 6.07 Å². The Labute approximate surface area is 108 Å². The van der Waals surface area contributed by atoms with Crippen LogP contribution >= 0.6 is 23.2 Å². The van der Waals surface area contributed by atoms with E-state index in [1.165, 1.54) is 18.4 Å². The maximum absolute atomic E-state index is 6.08. The predicted molar refractivity (Wildman–Crippen MR) is 71.4 cm³/mol. The summed E-state index contributed by atoms with van der Waals surface area (Å²) in [5.74, 6) is 1.38. The molecule has 0 bridgehead atoms. The molecule has 2 rings (SSSR count). The van der Waals surface area contributed by atoms with Gasteiger partial charge < -0.3 is 0 Å². The first kappa shape index (κ1) is 12.3. The topological polar surface area (TPSA) is 0 Å². The van der Waals surface area contributed by atoms with Crippen LogP contribution in [0.5, 0.6) is 0 Å². The van der Waals surface area contributed by atoms with E-state index in [0.29, 0.717) is 17.3 Å². The smallest absolute Gasteiger partial charge is 0.0423 e. The first-order chi connectivity index (χ1) is 7.45. The molecule has 0 heterocycles. The van der Waals surface area contributed by atoms with Crippen LogP contribution in [-0.2, 0) is 5.41 Å². The summed E-state index contributed by atoms with van der Waals surface area (Å²) in [5.41, 5.74) is 1.66. The monoisotopic (exact) mass is 256 g/mol. The van der Waals surface area contributed by atoms with Crippen molar-refractivity contribution >= 4 is 23.2 Å². The molecular weight excluding hydrogens is 239 g/mol. The number of halogens is 2. The van der Waals surface area contributed by atoms with Crippen LogP contribution in [0, 0.1) is 11.8 Å². The van der Waals surface area contributed by atoms with Gasteiger partial charge in [0.2, 0.25) is 0 Å². The molecule has 1 aliphatic rings. The zero-order valence-electron chi connectivity index (χ0n) is 10.1. The van der Waals surface area contributed by atoms with Crippen LogP contribution < -0.4 is 0 Å². The van der Waals surface area contributed by atoms with Crippen molar-refractivity contribution in [2.75, 3.05) is 0 Å². The standard InChI is InChI=1S/C14H18Cl2/c1-9(2)10(3)14(4-5-14)11-6-12(15)8-13(16)7-11/h6-10H,4-5H2,1-3H3. The van der Waals surface area contributed by atoms with E-state index in [0.717, 1.165) is 10.0 Å². The normalized spacial score (nSPS) is 19.9. The molecule has 0 N–H and O–H groups in total. The molecule has 0 aliphatic heterocycles. The lowest BCUT2D eigenvalue weighted by Gasteiger charge is -2.27. The Balaban J connectivity index is 2.36.